The molecule has 1 nitrogen and oxygen atoms in total. The number of phenols is 1. The summed E-state index contributed by atoms with van der Waals surface area (Å²) in [6.07, 6.45) is 0. The molecular formula is C7H9MgO+2. The minimum Gasteiger partial charge on any atom is -0.508 e. The van der Waals surface area contributed by atoms with Crippen LogP contribution in [-0.4, -0.2) is 26.8 Å². The number of para-hydroxylation sites is 1. The standard InChI is InChI=1S/C6H6O.CH3.Mg/c7-6-4-2-1-3-5-6;;/h1-5,7H;1H3;/q;;+2. The summed E-state index contributed by atoms with van der Waals surface area (Å²) in [5, 5.41) is 10.7. The summed E-state index contributed by atoms with van der Waals surface area (Å²) in [5.41, 5.74) is 0. The van der Waals surface area contributed by atoms with Gasteiger partial charge in [0.1, 0.15) is 5.75 Å². The van der Waals surface area contributed by atoms with Crippen LogP contribution in [0.4, 0.5) is 0 Å². The monoisotopic (exact) mass is 133 g/mol. The van der Waals surface area contributed by atoms with Crippen molar-refractivity contribution in [3.05, 3.63) is 30.3 Å². The lowest BCUT2D eigenvalue weighted by Gasteiger charge is -1.82. The Kier molecular flexibility index (Phi) is 5.77. The van der Waals surface area contributed by atoms with Gasteiger partial charge in [-0.2, -0.15) is 0 Å². The molecule has 0 saturated heterocycles. The SMILES string of the molecule is Oc1ccccc1.[CH3][Mg+2]. The highest BCUT2D eigenvalue weighted by atomic mass is 24.4. The minimum absolute atomic E-state index is 0.322. The smallest absolute Gasteiger partial charge is 0.508 e. The van der Waals surface area contributed by atoms with Crippen molar-refractivity contribution in [2.45, 2.75) is 5.05 Å². The van der Waals surface area contributed by atoms with Crippen molar-refractivity contribution < 1.29 is 5.11 Å². The van der Waals surface area contributed by atoms with Gasteiger partial charge in [0, 0.05) is 0 Å². The van der Waals surface area contributed by atoms with E-state index in [1.54, 1.807) is 24.3 Å². The molecule has 7 radical (unpaired) electrons. The van der Waals surface area contributed by atoms with Gasteiger partial charge in [-0.1, -0.05) is 18.2 Å². The molecule has 9 heavy (non-hydrogen) atoms. The highest BCUT2D eigenvalue weighted by Gasteiger charge is 1.99. The summed E-state index contributed by atoms with van der Waals surface area (Å²) in [5.74, 6) is 0.322. The van der Waals surface area contributed by atoms with E-state index in [4.69, 9.17) is 5.11 Å². The first kappa shape index (κ1) is 8.79. The maximum atomic E-state index is 8.63. The Morgan fingerprint density at radius 3 is 1.78 bits per heavy atom. The largest absolute Gasteiger partial charge is 1.41 e. The van der Waals surface area contributed by atoms with E-state index in [0.717, 1.165) is 0 Å². The van der Waals surface area contributed by atoms with Crippen LogP contribution in [0, 0.1) is 0 Å². The maximum Gasteiger partial charge on any atom is 1.41 e. The molecule has 0 unspecified atom stereocenters. The topological polar surface area (TPSA) is 20.2 Å². The lowest BCUT2D eigenvalue weighted by molar-refractivity contribution is 0.475. The van der Waals surface area contributed by atoms with Crippen LogP contribution in [0.2, 0.25) is 5.05 Å². The lowest BCUT2D eigenvalue weighted by atomic mass is 10.3. The Morgan fingerprint density at radius 2 is 1.56 bits per heavy atom. The second kappa shape index (κ2) is 5.91. The molecular weight excluding hydrogens is 124 g/mol. The van der Waals surface area contributed by atoms with Crippen molar-refractivity contribution in [2.24, 2.45) is 0 Å². The van der Waals surface area contributed by atoms with Gasteiger partial charge >= 0.3 is 21.7 Å². The van der Waals surface area contributed by atoms with E-state index in [0.29, 0.717) is 5.75 Å². The summed E-state index contributed by atoms with van der Waals surface area (Å²) in [6.45, 7) is 0. The molecule has 0 aromatic heterocycles. The summed E-state index contributed by atoms with van der Waals surface area (Å²) in [7, 11) is 0. The third-order valence-corrected chi connectivity index (χ3v) is 0.756. The van der Waals surface area contributed by atoms with Crippen LogP contribution in [0.5, 0.6) is 5.75 Å². The molecule has 0 saturated carbocycles. The summed E-state index contributed by atoms with van der Waals surface area (Å²) in [4.78, 5) is 0. The van der Waals surface area contributed by atoms with Gasteiger partial charge in [-0.3, -0.25) is 0 Å². The Labute approximate surface area is 68.1 Å². The Hall–Kier alpha value is -0.214. The fourth-order valence-electron chi connectivity index (χ4n) is 0.428. The Morgan fingerprint density at radius 1 is 1.11 bits per heavy atom. The maximum absolute atomic E-state index is 8.63. The summed E-state index contributed by atoms with van der Waals surface area (Å²) in [6, 6.07) is 8.71. The molecule has 2 heteroatoms. The molecule has 0 bridgehead atoms. The van der Waals surface area contributed by atoms with Gasteiger partial charge in [-0.25, -0.2) is 0 Å². The van der Waals surface area contributed by atoms with E-state index in [-0.39, 0.29) is 0 Å². The molecule has 0 atom stereocenters. The molecule has 0 aliphatic carbocycles. The number of phenolic OH excluding ortho intramolecular Hbond substituents is 1. The fraction of sp³-hybridized carbons (Fsp3) is 0.143. The average molecular weight is 133 g/mol. The second-order valence-corrected chi connectivity index (χ2v) is 1.34. The predicted octanol–water partition coefficient (Wildman–Crippen LogP) is 1.60. The number of benzene rings is 1. The van der Waals surface area contributed by atoms with Gasteiger partial charge in [0.25, 0.3) is 5.05 Å². The molecule has 43 valence electrons. The molecule has 0 aliphatic heterocycles. The summed E-state index contributed by atoms with van der Waals surface area (Å²) < 4.78 is 0. The lowest BCUT2D eigenvalue weighted by Crippen LogP contribution is -1.56. The fourth-order valence-corrected chi connectivity index (χ4v) is 0.428. The molecule has 0 amide bonds. The second-order valence-electron chi connectivity index (χ2n) is 1.34. The highest BCUT2D eigenvalue weighted by molar-refractivity contribution is 6.05. The molecule has 0 heterocycles. The number of hydrogen-bond donors (Lipinski definition) is 1. The first-order valence-corrected chi connectivity index (χ1v) is 4.26. The zero-order valence-corrected chi connectivity index (χ0v) is 6.96. The van der Waals surface area contributed by atoms with Crippen molar-refractivity contribution >= 4 is 21.7 Å². The highest BCUT2D eigenvalue weighted by Crippen LogP contribution is 2.02. The Balaban J connectivity index is 0.000000291. The van der Waals surface area contributed by atoms with Crippen LogP contribution < -0.4 is 0 Å². The zero-order valence-electron chi connectivity index (χ0n) is 5.54. The van der Waals surface area contributed by atoms with Gasteiger partial charge in [0.15, 0.2) is 0 Å². The molecule has 1 rings (SSSR count). The van der Waals surface area contributed by atoms with Crippen LogP contribution in [0.15, 0.2) is 30.3 Å². The van der Waals surface area contributed by atoms with Gasteiger partial charge in [0.05, 0.1) is 0 Å². The minimum atomic E-state index is 0.322. The van der Waals surface area contributed by atoms with E-state index in [1.165, 1.54) is 0 Å². The Bertz CT molecular complexity index is 139. The molecule has 1 N–H and O–H groups in total. The molecule has 0 spiro atoms. The van der Waals surface area contributed by atoms with E-state index in [2.05, 4.69) is 0 Å². The van der Waals surface area contributed by atoms with Crippen LogP contribution in [0.25, 0.3) is 0 Å². The van der Waals surface area contributed by atoms with E-state index in [1.807, 2.05) is 32.8 Å². The quantitative estimate of drug-likeness (QED) is 0.533. The normalized spacial score (nSPS) is 7.33. The van der Waals surface area contributed by atoms with Crippen LogP contribution in [-0.2, 0) is 0 Å². The number of hydrogen-bond acceptors (Lipinski definition) is 1. The first-order chi connectivity index (χ1) is 4.39. The molecule has 0 fully saturated rings. The van der Waals surface area contributed by atoms with Crippen molar-refractivity contribution in [1.29, 1.82) is 0 Å². The van der Waals surface area contributed by atoms with E-state index >= 15 is 0 Å². The van der Waals surface area contributed by atoms with Crippen LogP contribution >= 0.6 is 0 Å². The van der Waals surface area contributed by atoms with Crippen molar-refractivity contribution in [1.82, 2.24) is 0 Å². The predicted molar refractivity (Wildman–Crippen MR) is 39.7 cm³/mol. The van der Waals surface area contributed by atoms with Crippen LogP contribution in [0.1, 0.15) is 0 Å². The van der Waals surface area contributed by atoms with E-state index < -0.39 is 0 Å². The average Bonchev–Trinajstić information content (AvgIpc) is 1.94. The van der Waals surface area contributed by atoms with Crippen molar-refractivity contribution in [3.8, 4) is 5.75 Å². The van der Waals surface area contributed by atoms with Gasteiger partial charge < -0.3 is 5.11 Å². The molecule has 1 aromatic carbocycles. The first-order valence-electron chi connectivity index (χ1n) is 2.84. The van der Waals surface area contributed by atoms with Crippen LogP contribution in [0.3, 0.4) is 0 Å². The van der Waals surface area contributed by atoms with E-state index in [9.17, 15) is 0 Å². The van der Waals surface area contributed by atoms with Gasteiger partial charge in [0.2, 0.25) is 0 Å². The summed E-state index contributed by atoms with van der Waals surface area (Å²) >= 11 is 1.86. The van der Waals surface area contributed by atoms with Gasteiger partial charge in [-0.05, 0) is 12.1 Å². The third kappa shape index (κ3) is 4.30. The number of aromatic hydroxyl groups is 1. The number of rotatable bonds is 0. The molecule has 0 aliphatic rings. The van der Waals surface area contributed by atoms with Crippen molar-refractivity contribution in [2.75, 3.05) is 0 Å². The molecule has 1 aromatic rings. The van der Waals surface area contributed by atoms with Crippen molar-refractivity contribution in [3.63, 3.8) is 0 Å². The zero-order chi connectivity index (χ0) is 7.11. The van der Waals surface area contributed by atoms with Gasteiger partial charge in [-0.15, -0.1) is 0 Å². The third-order valence-electron chi connectivity index (χ3n) is 0.756.